The zero-order valence-electron chi connectivity index (χ0n) is 19.1. The number of oxime groups is 1. The van der Waals surface area contributed by atoms with Gasteiger partial charge in [0, 0.05) is 44.7 Å². The second-order valence-corrected chi connectivity index (χ2v) is 8.66. The van der Waals surface area contributed by atoms with Crippen molar-refractivity contribution in [2.75, 3.05) is 26.2 Å². The van der Waals surface area contributed by atoms with Crippen LogP contribution in [-0.2, 0) is 6.42 Å². The topological polar surface area (TPSA) is 104 Å². The first-order valence-corrected chi connectivity index (χ1v) is 11.9. The van der Waals surface area contributed by atoms with Crippen molar-refractivity contribution >= 4 is 16.9 Å². The van der Waals surface area contributed by atoms with Gasteiger partial charge >= 0.3 is 11.6 Å². The number of aromatic amines is 1. The van der Waals surface area contributed by atoms with E-state index in [0.29, 0.717) is 12.0 Å². The molecular weight excluding hydrogens is 410 g/mol. The second kappa shape index (κ2) is 10.3. The lowest BCUT2D eigenvalue weighted by atomic mass is 9.94. The van der Waals surface area contributed by atoms with Crippen LogP contribution in [-0.4, -0.2) is 57.8 Å². The number of amidine groups is 1. The van der Waals surface area contributed by atoms with Gasteiger partial charge in [-0.2, -0.15) is 4.98 Å². The minimum atomic E-state index is -0.538. The monoisotopic (exact) mass is 443 g/mol. The summed E-state index contributed by atoms with van der Waals surface area (Å²) in [6, 6.07) is 1.97. The van der Waals surface area contributed by atoms with Crippen LogP contribution in [0.15, 0.2) is 25.2 Å². The van der Waals surface area contributed by atoms with Crippen molar-refractivity contribution in [3.05, 3.63) is 32.4 Å². The molecule has 2 fully saturated rings. The molecule has 2 aromatic heterocycles. The highest BCUT2D eigenvalue weighted by molar-refractivity contribution is 5.82. The molecule has 2 aliphatic rings. The van der Waals surface area contributed by atoms with Crippen molar-refractivity contribution in [1.29, 1.82) is 0 Å². The predicted octanol–water partition coefficient (Wildman–Crippen LogP) is 2.88. The standard InChI is InChI=1S/C23H33N5O4/c1-3-8-18(28-13-11-27(12-14-28)17-9-6-5-7-10-17)26-32-23-24-21(30)20-16(4-2)15-19(29)31-22(20)25-23/h15,17H,3-14H2,1-2H3,(H,24,25,30). The Labute approximate surface area is 187 Å². The summed E-state index contributed by atoms with van der Waals surface area (Å²) in [6.45, 7) is 7.86. The molecule has 3 heterocycles. The first-order valence-electron chi connectivity index (χ1n) is 11.9. The van der Waals surface area contributed by atoms with Crippen molar-refractivity contribution in [2.24, 2.45) is 5.16 Å². The average molecular weight is 444 g/mol. The van der Waals surface area contributed by atoms with E-state index in [1.54, 1.807) is 0 Å². The zero-order valence-corrected chi connectivity index (χ0v) is 19.1. The third-order valence-electron chi connectivity index (χ3n) is 6.54. The Hall–Kier alpha value is -2.68. The minimum absolute atomic E-state index is 0.0264. The lowest BCUT2D eigenvalue weighted by Crippen LogP contribution is -2.52. The van der Waals surface area contributed by atoms with Gasteiger partial charge in [-0.3, -0.25) is 14.7 Å². The molecule has 0 spiro atoms. The van der Waals surface area contributed by atoms with Gasteiger partial charge in [0.15, 0.2) is 0 Å². The number of nitrogens with zero attached hydrogens (tertiary/aromatic N) is 4. The number of fused-ring (bicyclic) bond motifs is 1. The number of aryl methyl sites for hydroxylation is 1. The Morgan fingerprint density at radius 3 is 2.62 bits per heavy atom. The fraction of sp³-hybridized carbons (Fsp3) is 0.652. The summed E-state index contributed by atoms with van der Waals surface area (Å²) < 4.78 is 5.13. The highest BCUT2D eigenvalue weighted by Crippen LogP contribution is 2.24. The number of aromatic nitrogens is 2. The van der Waals surface area contributed by atoms with Crippen molar-refractivity contribution in [2.45, 2.75) is 71.3 Å². The van der Waals surface area contributed by atoms with Gasteiger partial charge in [0.1, 0.15) is 11.2 Å². The number of piperazine rings is 1. The van der Waals surface area contributed by atoms with Gasteiger partial charge in [-0.25, -0.2) is 4.79 Å². The van der Waals surface area contributed by atoms with Gasteiger partial charge in [-0.05, 0) is 31.2 Å². The Morgan fingerprint density at radius 1 is 1.19 bits per heavy atom. The SMILES string of the molecule is CCCC(=NOc1nc2oc(=O)cc(CC)c2c(=O)[nH]1)N1CCN(C2CCCCC2)CC1. The summed E-state index contributed by atoms with van der Waals surface area (Å²) in [7, 11) is 0. The van der Waals surface area contributed by atoms with E-state index in [0.717, 1.165) is 50.9 Å². The molecule has 0 unspecified atom stereocenters. The van der Waals surface area contributed by atoms with Gasteiger partial charge < -0.3 is 14.2 Å². The molecule has 0 aromatic carbocycles. The van der Waals surface area contributed by atoms with Crippen LogP contribution < -0.4 is 16.0 Å². The van der Waals surface area contributed by atoms with E-state index >= 15 is 0 Å². The minimum Gasteiger partial charge on any atom is -0.403 e. The lowest BCUT2D eigenvalue weighted by molar-refractivity contribution is 0.105. The summed E-state index contributed by atoms with van der Waals surface area (Å²) in [4.78, 5) is 41.5. The largest absolute Gasteiger partial charge is 0.403 e. The van der Waals surface area contributed by atoms with E-state index in [1.807, 2.05) is 6.92 Å². The smallest absolute Gasteiger partial charge is 0.337 e. The van der Waals surface area contributed by atoms with Crippen molar-refractivity contribution in [1.82, 2.24) is 19.8 Å². The molecule has 174 valence electrons. The van der Waals surface area contributed by atoms with Crippen LogP contribution in [0, 0.1) is 0 Å². The second-order valence-electron chi connectivity index (χ2n) is 8.66. The fourth-order valence-corrected chi connectivity index (χ4v) is 4.82. The molecule has 32 heavy (non-hydrogen) atoms. The predicted molar refractivity (Wildman–Crippen MR) is 123 cm³/mol. The zero-order chi connectivity index (χ0) is 22.5. The van der Waals surface area contributed by atoms with Crippen molar-refractivity contribution in [3.8, 4) is 6.01 Å². The molecule has 1 saturated heterocycles. The molecule has 1 saturated carbocycles. The average Bonchev–Trinajstić information content (AvgIpc) is 2.81. The Kier molecular flexibility index (Phi) is 7.24. The third kappa shape index (κ3) is 5.03. The number of rotatable bonds is 6. The first kappa shape index (κ1) is 22.5. The van der Waals surface area contributed by atoms with E-state index in [2.05, 4.69) is 31.8 Å². The maximum atomic E-state index is 12.5. The molecule has 0 amide bonds. The van der Waals surface area contributed by atoms with Crippen LogP contribution in [0.3, 0.4) is 0 Å². The van der Waals surface area contributed by atoms with Crippen LogP contribution in [0.5, 0.6) is 6.01 Å². The van der Waals surface area contributed by atoms with Gasteiger partial charge in [0.05, 0.1) is 0 Å². The molecule has 0 bridgehead atoms. The normalized spacial score (nSPS) is 18.9. The van der Waals surface area contributed by atoms with Gasteiger partial charge in [-0.1, -0.05) is 38.3 Å². The summed E-state index contributed by atoms with van der Waals surface area (Å²) in [6.07, 6.45) is 8.92. The summed E-state index contributed by atoms with van der Waals surface area (Å²) >= 11 is 0. The molecular formula is C23H33N5O4. The quantitative estimate of drug-likeness (QED) is 0.416. The van der Waals surface area contributed by atoms with E-state index in [4.69, 9.17) is 9.25 Å². The van der Waals surface area contributed by atoms with E-state index in [9.17, 15) is 9.59 Å². The van der Waals surface area contributed by atoms with Crippen LogP contribution in [0.25, 0.3) is 11.1 Å². The maximum Gasteiger partial charge on any atom is 0.337 e. The Morgan fingerprint density at radius 2 is 1.94 bits per heavy atom. The molecule has 2 aromatic rings. The Bertz CT molecular complexity index is 1060. The first-order chi connectivity index (χ1) is 15.6. The van der Waals surface area contributed by atoms with Crippen molar-refractivity contribution in [3.63, 3.8) is 0 Å². The summed E-state index contributed by atoms with van der Waals surface area (Å²) in [5.74, 6) is 0.849. The van der Waals surface area contributed by atoms with Crippen LogP contribution in [0.4, 0.5) is 0 Å². The molecule has 1 N–H and O–H groups in total. The molecule has 9 heteroatoms. The number of H-pyrrole nitrogens is 1. The molecule has 4 rings (SSSR count). The maximum absolute atomic E-state index is 12.5. The lowest BCUT2D eigenvalue weighted by Gasteiger charge is -2.41. The molecule has 9 nitrogen and oxygen atoms in total. The van der Waals surface area contributed by atoms with E-state index < -0.39 is 11.2 Å². The van der Waals surface area contributed by atoms with Crippen molar-refractivity contribution < 1.29 is 9.25 Å². The molecule has 0 atom stereocenters. The molecule has 0 radical (unpaired) electrons. The highest BCUT2D eigenvalue weighted by atomic mass is 16.6. The van der Waals surface area contributed by atoms with E-state index in [1.165, 1.54) is 38.2 Å². The van der Waals surface area contributed by atoms with Crippen LogP contribution >= 0.6 is 0 Å². The van der Waals surface area contributed by atoms with Gasteiger partial charge in [0.2, 0.25) is 5.71 Å². The van der Waals surface area contributed by atoms with Gasteiger partial charge in [-0.15, -0.1) is 0 Å². The number of nitrogens with one attached hydrogen (secondary N) is 1. The number of hydrogen-bond acceptors (Lipinski definition) is 7. The third-order valence-corrected chi connectivity index (χ3v) is 6.54. The van der Waals surface area contributed by atoms with Crippen LogP contribution in [0.1, 0.15) is 64.4 Å². The fourth-order valence-electron chi connectivity index (χ4n) is 4.82. The highest BCUT2D eigenvalue weighted by Gasteiger charge is 2.26. The van der Waals surface area contributed by atoms with Gasteiger partial charge in [0.25, 0.3) is 5.56 Å². The number of hydrogen-bond donors (Lipinski definition) is 1. The Balaban J connectivity index is 1.48. The molecule has 1 aliphatic heterocycles. The van der Waals surface area contributed by atoms with Crippen LogP contribution in [0.2, 0.25) is 0 Å². The van der Waals surface area contributed by atoms with E-state index in [-0.39, 0.29) is 17.1 Å². The summed E-state index contributed by atoms with van der Waals surface area (Å²) in [5.41, 5.74) is -0.368. The summed E-state index contributed by atoms with van der Waals surface area (Å²) in [5, 5.41) is 4.60. The molecule has 1 aliphatic carbocycles.